The van der Waals surface area contributed by atoms with Crippen molar-refractivity contribution in [3.63, 3.8) is 0 Å². The topological polar surface area (TPSA) is 107 Å². The van der Waals surface area contributed by atoms with Gasteiger partial charge in [0.05, 0.1) is 13.7 Å². The zero-order valence-electron chi connectivity index (χ0n) is 17.9. The highest BCUT2D eigenvalue weighted by Gasteiger charge is 2.27. The van der Waals surface area contributed by atoms with Gasteiger partial charge in [0.25, 0.3) is 0 Å². The molecule has 172 valence electrons. The summed E-state index contributed by atoms with van der Waals surface area (Å²) in [6.45, 7) is 0.0446. The average Bonchev–Trinajstić information content (AvgIpc) is 3.31. The summed E-state index contributed by atoms with van der Waals surface area (Å²) in [5.74, 6) is 1.48. The van der Waals surface area contributed by atoms with E-state index in [2.05, 4.69) is 10.3 Å². The Morgan fingerprint density at radius 2 is 1.85 bits per heavy atom. The van der Waals surface area contributed by atoms with Crippen LogP contribution < -0.4 is 19.5 Å². The Morgan fingerprint density at radius 3 is 2.58 bits per heavy atom. The van der Waals surface area contributed by atoms with E-state index in [1.165, 1.54) is 24.5 Å². The highest BCUT2D eigenvalue weighted by molar-refractivity contribution is 7.89. The molecule has 1 aliphatic rings. The largest absolute Gasteiger partial charge is 0.497 e. The first kappa shape index (κ1) is 22.6. The van der Waals surface area contributed by atoms with Crippen LogP contribution in [-0.2, 0) is 27.9 Å². The summed E-state index contributed by atoms with van der Waals surface area (Å²) in [5, 5.41) is 2.77. The molecule has 0 radical (unpaired) electrons. The molecule has 4 rings (SSSR count). The molecule has 10 heteroatoms. The minimum atomic E-state index is -3.96. The normalized spacial score (nSPS) is 12.5. The number of aromatic nitrogens is 1. The fourth-order valence-electron chi connectivity index (χ4n) is 3.28. The summed E-state index contributed by atoms with van der Waals surface area (Å²) in [7, 11) is -2.40. The molecule has 1 aliphatic heterocycles. The van der Waals surface area contributed by atoms with E-state index in [1.54, 1.807) is 43.5 Å². The third kappa shape index (κ3) is 5.41. The number of amides is 1. The van der Waals surface area contributed by atoms with Gasteiger partial charge in [0.1, 0.15) is 10.6 Å². The Balaban J connectivity index is 1.49. The molecule has 0 bridgehead atoms. The van der Waals surface area contributed by atoms with Crippen LogP contribution in [0.1, 0.15) is 11.1 Å². The number of methoxy groups -OCH3 is 1. The molecule has 1 N–H and O–H groups in total. The first-order valence-corrected chi connectivity index (χ1v) is 11.6. The standard InChI is InChI=1S/C23H23N3O6S/c1-30-19-7-4-17(5-8-19)14-26(33(28,29)20-3-2-10-24-13-20)15-23(27)25-12-18-6-9-21-22(11-18)32-16-31-21/h2-11,13H,12,14-16H2,1H3,(H,25,27). The van der Waals surface area contributed by atoms with E-state index in [0.29, 0.717) is 22.8 Å². The number of carbonyl (C=O) groups excluding carboxylic acids is 1. The van der Waals surface area contributed by atoms with Gasteiger partial charge >= 0.3 is 0 Å². The molecular formula is C23H23N3O6S. The van der Waals surface area contributed by atoms with Gasteiger partial charge in [0.2, 0.25) is 22.7 Å². The molecule has 33 heavy (non-hydrogen) atoms. The number of ether oxygens (including phenoxy) is 3. The van der Waals surface area contributed by atoms with Crippen molar-refractivity contribution in [3.05, 3.63) is 78.1 Å². The number of nitrogens with zero attached hydrogens (tertiary/aromatic N) is 2. The molecule has 1 amide bonds. The van der Waals surface area contributed by atoms with Gasteiger partial charge in [-0.05, 0) is 47.5 Å². The summed E-state index contributed by atoms with van der Waals surface area (Å²) < 4.78 is 43.4. The number of sulfonamides is 1. The maximum absolute atomic E-state index is 13.2. The van der Waals surface area contributed by atoms with Crippen molar-refractivity contribution in [3.8, 4) is 17.2 Å². The number of fused-ring (bicyclic) bond motifs is 1. The summed E-state index contributed by atoms with van der Waals surface area (Å²) in [6.07, 6.45) is 2.76. The van der Waals surface area contributed by atoms with Gasteiger partial charge in [-0.1, -0.05) is 18.2 Å². The lowest BCUT2D eigenvalue weighted by Crippen LogP contribution is -2.40. The smallest absolute Gasteiger partial charge is 0.245 e. The van der Waals surface area contributed by atoms with E-state index in [1.807, 2.05) is 6.07 Å². The van der Waals surface area contributed by atoms with Gasteiger partial charge < -0.3 is 19.5 Å². The van der Waals surface area contributed by atoms with Crippen molar-refractivity contribution in [2.75, 3.05) is 20.4 Å². The molecule has 3 aromatic rings. The van der Waals surface area contributed by atoms with Gasteiger partial charge in [-0.25, -0.2) is 8.42 Å². The van der Waals surface area contributed by atoms with Crippen LogP contribution in [0.5, 0.6) is 17.2 Å². The first-order valence-electron chi connectivity index (χ1n) is 10.1. The molecular weight excluding hydrogens is 446 g/mol. The number of nitrogens with one attached hydrogen (secondary N) is 1. The third-order valence-electron chi connectivity index (χ3n) is 5.04. The van der Waals surface area contributed by atoms with E-state index in [4.69, 9.17) is 14.2 Å². The predicted octanol–water partition coefficient (Wildman–Crippen LogP) is 2.33. The maximum atomic E-state index is 13.2. The SMILES string of the molecule is COc1ccc(CN(CC(=O)NCc2ccc3c(c2)OCO3)S(=O)(=O)c2cccnc2)cc1. The molecule has 0 saturated carbocycles. The lowest BCUT2D eigenvalue weighted by atomic mass is 10.2. The van der Waals surface area contributed by atoms with Crippen LogP contribution in [-0.4, -0.2) is 44.1 Å². The minimum Gasteiger partial charge on any atom is -0.497 e. The maximum Gasteiger partial charge on any atom is 0.245 e. The highest BCUT2D eigenvalue weighted by Crippen LogP contribution is 2.32. The van der Waals surface area contributed by atoms with Crippen molar-refractivity contribution in [2.24, 2.45) is 0 Å². The van der Waals surface area contributed by atoms with Crippen molar-refractivity contribution in [2.45, 2.75) is 18.0 Å². The molecule has 0 fully saturated rings. The van der Waals surface area contributed by atoms with E-state index >= 15 is 0 Å². The van der Waals surface area contributed by atoms with Crippen LogP contribution in [0.2, 0.25) is 0 Å². The summed E-state index contributed by atoms with van der Waals surface area (Å²) in [4.78, 5) is 16.6. The lowest BCUT2D eigenvalue weighted by Gasteiger charge is -2.22. The number of rotatable bonds is 9. The molecule has 0 spiro atoms. The van der Waals surface area contributed by atoms with E-state index in [9.17, 15) is 13.2 Å². The predicted molar refractivity (Wildman–Crippen MR) is 119 cm³/mol. The van der Waals surface area contributed by atoms with Crippen molar-refractivity contribution >= 4 is 15.9 Å². The van der Waals surface area contributed by atoms with E-state index < -0.39 is 15.9 Å². The van der Waals surface area contributed by atoms with Gasteiger partial charge in [-0.2, -0.15) is 4.31 Å². The zero-order chi connectivity index (χ0) is 23.3. The fourth-order valence-corrected chi connectivity index (χ4v) is 4.63. The number of hydrogen-bond donors (Lipinski definition) is 1. The average molecular weight is 470 g/mol. The van der Waals surface area contributed by atoms with Crippen molar-refractivity contribution in [1.82, 2.24) is 14.6 Å². The van der Waals surface area contributed by atoms with Gasteiger partial charge in [0.15, 0.2) is 11.5 Å². The monoisotopic (exact) mass is 469 g/mol. The van der Waals surface area contributed by atoms with Crippen LogP contribution in [0.3, 0.4) is 0 Å². The van der Waals surface area contributed by atoms with Crippen LogP contribution in [0, 0.1) is 0 Å². The Hall–Kier alpha value is -3.63. The molecule has 9 nitrogen and oxygen atoms in total. The summed E-state index contributed by atoms with van der Waals surface area (Å²) in [5.41, 5.74) is 1.52. The molecule has 2 heterocycles. The Morgan fingerprint density at radius 1 is 1.09 bits per heavy atom. The molecule has 0 atom stereocenters. The summed E-state index contributed by atoms with van der Waals surface area (Å²) >= 11 is 0. The van der Waals surface area contributed by atoms with Crippen LogP contribution in [0.15, 0.2) is 71.9 Å². The molecule has 0 aliphatic carbocycles. The second-order valence-electron chi connectivity index (χ2n) is 7.27. The van der Waals surface area contributed by atoms with Crippen LogP contribution >= 0.6 is 0 Å². The molecule has 0 unspecified atom stereocenters. The molecule has 2 aromatic carbocycles. The first-order chi connectivity index (χ1) is 16.0. The van der Waals surface area contributed by atoms with Gasteiger partial charge in [0, 0.05) is 25.5 Å². The zero-order valence-corrected chi connectivity index (χ0v) is 18.7. The number of pyridine rings is 1. The molecule has 0 saturated heterocycles. The molecule has 1 aromatic heterocycles. The van der Waals surface area contributed by atoms with E-state index in [0.717, 1.165) is 9.87 Å². The van der Waals surface area contributed by atoms with Crippen LogP contribution in [0.25, 0.3) is 0 Å². The van der Waals surface area contributed by atoms with E-state index in [-0.39, 0.29) is 31.3 Å². The second-order valence-corrected chi connectivity index (χ2v) is 9.21. The fraction of sp³-hybridized carbons (Fsp3) is 0.217. The Labute approximate surface area is 192 Å². The quantitative estimate of drug-likeness (QED) is 0.513. The second kappa shape index (κ2) is 9.88. The lowest BCUT2D eigenvalue weighted by molar-refractivity contribution is -0.121. The van der Waals surface area contributed by atoms with Gasteiger partial charge in [-0.15, -0.1) is 0 Å². The van der Waals surface area contributed by atoms with Crippen molar-refractivity contribution < 1.29 is 27.4 Å². The summed E-state index contributed by atoms with van der Waals surface area (Å²) in [6, 6.07) is 15.4. The Bertz CT molecular complexity index is 1220. The number of hydrogen-bond acceptors (Lipinski definition) is 7. The minimum absolute atomic E-state index is 0.0126. The highest BCUT2D eigenvalue weighted by atomic mass is 32.2. The van der Waals surface area contributed by atoms with Gasteiger partial charge in [-0.3, -0.25) is 9.78 Å². The Kier molecular flexibility index (Phi) is 6.76. The van der Waals surface area contributed by atoms with Crippen LogP contribution in [0.4, 0.5) is 0 Å². The van der Waals surface area contributed by atoms with Crippen molar-refractivity contribution in [1.29, 1.82) is 0 Å². The number of benzene rings is 2. The third-order valence-corrected chi connectivity index (χ3v) is 6.81. The number of carbonyl (C=O) groups is 1.